The van der Waals surface area contributed by atoms with E-state index < -0.39 is 6.10 Å². The molecule has 78 valence electrons. The Morgan fingerprint density at radius 1 is 1.43 bits per heavy atom. The van der Waals surface area contributed by atoms with Crippen molar-refractivity contribution in [3.63, 3.8) is 0 Å². The van der Waals surface area contributed by atoms with Crippen LogP contribution in [0, 0.1) is 6.92 Å². The molecule has 14 heavy (non-hydrogen) atoms. The molecular weight excluding hydrogens is 202 g/mol. The molecule has 1 aromatic carbocycles. The first kappa shape index (κ1) is 11.3. The first-order valence-corrected chi connectivity index (χ1v) is 4.74. The Labute approximate surface area is 88.1 Å². The minimum atomic E-state index is -0.758. The van der Waals surface area contributed by atoms with Crippen LogP contribution in [-0.2, 0) is 0 Å². The van der Waals surface area contributed by atoms with E-state index in [2.05, 4.69) is 0 Å². The average molecular weight is 216 g/mol. The van der Waals surface area contributed by atoms with Crippen LogP contribution in [0.2, 0.25) is 5.02 Å². The van der Waals surface area contributed by atoms with E-state index in [1.807, 2.05) is 0 Å². The van der Waals surface area contributed by atoms with Crippen molar-refractivity contribution >= 4 is 11.6 Å². The summed E-state index contributed by atoms with van der Waals surface area (Å²) in [6.07, 6.45) is -0.758. The van der Waals surface area contributed by atoms with Crippen LogP contribution >= 0.6 is 11.6 Å². The quantitative estimate of drug-likeness (QED) is 0.704. The van der Waals surface area contributed by atoms with E-state index in [1.54, 1.807) is 19.9 Å². The molecule has 0 aliphatic heterocycles. The van der Waals surface area contributed by atoms with Gasteiger partial charge in [-0.1, -0.05) is 11.6 Å². The largest absolute Gasteiger partial charge is 0.506 e. The molecule has 0 amide bonds. The van der Waals surface area contributed by atoms with Gasteiger partial charge in [0.25, 0.3) is 0 Å². The molecule has 0 radical (unpaired) electrons. The molecule has 0 fully saturated rings. The highest BCUT2D eigenvalue weighted by Crippen LogP contribution is 2.31. The molecule has 0 bridgehead atoms. The van der Waals surface area contributed by atoms with Crippen molar-refractivity contribution in [2.45, 2.75) is 26.0 Å². The van der Waals surface area contributed by atoms with Crippen molar-refractivity contribution < 1.29 is 10.2 Å². The van der Waals surface area contributed by atoms with Gasteiger partial charge in [0.2, 0.25) is 0 Å². The van der Waals surface area contributed by atoms with Crippen molar-refractivity contribution in [2.24, 2.45) is 5.73 Å². The van der Waals surface area contributed by atoms with E-state index in [9.17, 15) is 10.2 Å². The Morgan fingerprint density at radius 2 is 2.00 bits per heavy atom. The Balaban J connectivity index is 3.12. The maximum atomic E-state index is 9.67. The number of nitrogens with two attached hydrogens (primary N) is 1. The Hall–Kier alpha value is -0.770. The molecule has 4 N–H and O–H groups in total. The van der Waals surface area contributed by atoms with Crippen LogP contribution in [-0.4, -0.2) is 16.3 Å². The third kappa shape index (κ3) is 2.18. The highest BCUT2D eigenvalue weighted by Gasteiger charge is 2.15. The number of hydrogen-bond donors (Lipinski definition) is 3. The predicted molar refractivity (Wildman–Crippen MR) is 56.5 cm³/mol. The van der Waals surface area contributed by atoms with Crippen LogP contribution in [0.5, 0.6) is 5.75 Å². The van der Waals surface area contributed by atoms with E-state index in [0.717, 1.165) is 0 Å². The number of aromatic hydroxyl groups is 1. The van der Waals surface area contributed by atoms with Gasteiger partial charge in [0.1, 0.15) is 5.75 Å². The van der Waals surface area contributed by atoms with Gasteiger partial charge in [0.05, 0.1) is 11.1 Å². The van der Waals surface area contributed by atoms with E-state index in [0.29, 0.717) is 11.1 Å². The van der Waals surface area contributed by atoms with Gasteiger partial charge in [-0.3, -0.25) is 0 Å². The van der Waals surface area contributed by atoms with Crippen LogP contribution in [0.3, 0.4) is 0 Å². The smallest absolute Gasteiger partial charge is 0.137 e. The minimum absolute atomic E-state index is 0.0484. The summed E-state index contributed by atoms with van der Waals surface area (Å²) in [5, 5.41) is 19.3. The lowest BCUT2D eigenvalue weighted by atomic mass is 10.0. The van der Waals surface area contributed by atoms with Crippen molar-refractivity contribution in [3.8, 4) is 5.75 Å². The maximum Gasteiger partial charge on any atom is 0.137 e. The van der Waals surface area contributed by atoms with Gasteiger partial charge < -0.3 is 15.9 Å². The zero-order valence-corrected chi connectivity index (χ0v) is 8.92. The molecule has 2 unspecified atom stereocenters. The van der Waals surface area contributed by atoms with Crippen LogP contribution in [0.25, 0.3) is 0 Å². The second-order valence-electron chi connectivity index (χ2n) is 3.47. The molecule has 1 rings (SSSR count). The number of phenols is 1. The van der Waals surface area contributed by atoms with Gasteiger partial charge >= 0.3 is 0 Å². The van der Waals surface area contributed by atoms with Gasteiger partial charge in [-0.05, 0) is 37.1 Å². The highest BCUT2D eigenvalue weighted by atomic mass is 35.5. The third-order valence-corrected chi connectivity index (χ3v) is 2.40. The number of rotatable bonds is 2. The van der Waals surface area contributed by atoms with Crippen LogP contribution < -0.4 is 5.73 Å². The number of halogens is 1. The number of aliphatic hydroxyl groups excluding tert-OH is 1. The van der Waals surface area contributed by atoms with E-state index >= 15 is 0 Å². The zero-order chi connectivity index (χ0) is 10.9. The fourth-order valence-electron chi connectivity index (χ4n) is 1.24. The monoisotopic (exact) mass is 215 g/mol. The summed E-state index contributed by atoms with van der Waals surface area (Å²) >= 11 is 5.77. The van der Waals surface area contributed by atoms with Crippen LogP contribution in [0.4, 0.5) is 0 Å². The fourth-order valence-corrected chi connectivity index (χ4v) is 1.51. The number of benzene rings is 1. The molecule has 0 spiro atoms. The topological polar surface area (TPSA) is 66.5 Å². The van der Waals surface area contributed by atoms with Crippen molar-refractivity contribution in [1.29, 1.82) is 0 Å². The Kier molecular flexibility index (Phi) is 3.37. The highest BCUT2D eigenvalue weighted by molar-refractivity contribution is 6.32. The third-order valence-electron chi connectivity index (χ3n) is 2.12. The van der Waals surface area contributed by atoms with Crippen LogP contribution in [0.15, 0.2) is 12.1 Å². The van der Waals surface area contributed by atoms with Gasteiger partial charge in [-0.2, -0.15) is 0 Å². The molecule has 3 nitrogen and oxygen atoms in total. The summed E-state index contributed by atoms with van der Waals surface area (Å²) < 4.78 is 0. The summed E-state index contributed by atoms with van der Waals surface area (Å²) in [4.78, 5) is 0. The summed E-state index contributed by atoms with van der Waals surface area (Å²) in [6, 6.07) is 2.84. The first-order valence-electron chi connectivity index (χ1n) is 4.36. The van der Waals surface area contributed by atoms with Crippen LogP contribution in [0.1, 0.15) is 24.2 Å². The van der Waals surface area contributed by atoms with Gasteiger partial charge in [0.15, 0.2) is 0 Å². The fraction of sp³-hybridized carbons (Fsp3) is 0.400. The van der Waals surface area contributed by atoms with Crippen molar-refractivity contribution in [1.82, 2.24) is 0 Å². The second-order valence-corrected chi connectivity index (χ2v) is 3.88. The van der Waals surface area contributed by atoms with E-state index in [-0.39, 0.29) is 16.8 Å². The molecule has 4 heteroatoms. The molecule has 0 aliphatic carbocycles. The van der Waals surface area contributed by atoms with Gasteiger partial charge in [0, 0.05) is 6.04 Å². The second kappa shape index (κ2) is 4.17. The van der Waals surface area contributed by atoms with E-state index in [4.69, 9.17) is 17.3 Å². The average Bonchev–Trinajstić information content (AvgIpc) is 2.12. The summed E-state index contributed by atoms with van der Waals surface area (Å²) in [7, 11) is 0. The van der Waals surface area contributed by atoms with E-state index in [1.165, 1.54) is 6.07 Å². The molecule has 0 aromatic heterocycles. The standard InChI is InChI=1S/C10H14ClNO2/c1-5-3-7(10(14)6(2)12)4-8(11)9(5)13/h3-4,6,10,13-14H,12H2,1-2H3. The molecular formula is C10H14ClNO2. The number of aliphatic hydroxyl groups is 1. The van der Waals surface area contributed by atoms with Crippen molar-refractivity contribution in [2.75, 3.05) is 0 Å². The summed E-state index contributed by atoms with van der Waals surface area (Å²) in [5.74, 6) is 0.0484. The molecule has 0 aliphatic rings. The molecule has 2 atom stereocenters. The first-order chi connectivity index (χ1) is 6.43. The lowest BCUT2D eigenvalue weighted by molar-refractivity contribution is 0.153. The van der Waals surface area contributed by atoms with Gasteiger partial charge in [-0.25, -0.2) is 0 Å². The van der Waals surface area contributed by atoms with Crippen molar-refractivity contribution in [3.05, 3.63) is 28.3 Å². The number of phenolic OH excluding ortho intramolecular Hbond substituents is 1. The molecule has 1 aromatic rings. The maximum absolute atomic E-state index is 9.67. The van der Waals surface area contributed by atoms with Gasteiger partial charge in [-0.15, -0.1) is 0 Å². The summed E-state index contributed by atoms with van der Waals surface area (Å²) in [6.45, 7) is 3.43. The predicted octanol–water partition coefficient (Wildman–Crippen LogP) is 1.73. The molecule has 0 heterocycles. The lowest BCUT2D eigenvalue weighted by Crippen LogP contribution is -2.24. The normalized spacial score (nSPS) is 15.2. The Morgan fingerprint density at radius 3 is 2.43 bits per heavy atom. The molecule has 0 saturated heterocycles. The molecule has 0 saturated carbocycles. The zero-order valence-electron chi connectivity index (χ0n) is 8.16. The number of hydrogen-bond acceptors (Lipinski definition) is 3. The lowest BCUT2D eigenvalue weighted by Gasteiger charge is -2.16. The Bertz CT molecular complexity index is 316. The minimum Gasteiger partial charge on any atom is -0.506 e. The number of aryl methyl sites for hydroxylation is 1. The SMILES string of the molecule is Cc1cc(C(O)C(C)N)cc(Cl)c1O. The summed E-state index contributed by atoms with van der Waals surface area (Å²) in [5.41, 5.74) is 6.81.